The summed E-state index contributed by atoms with van der Waals surface area (Å²) >= 11 is 0. The molecule has 0 unspecified atom stereocenters. The van der Waals surface area contributed by atoms with Crippen LogP contribution in [0, 0.1) is 0 Å². The number of nitrogens with zero attached hydrogens (tertiary/aromatic N) is 1. The second kappa shape index (κ2) is 9.94. The first-order valence-electron chi connectivity index (χ1n) is 9.55. The summed E-state index contributed by atoms with van der Waals surface area (Å²) < 4.78 is 15.9. The normalized spacial score (nSPS) is 14.9. The van der Waals surface area contributed by atoms with Crippen LogP contribution in [0.25, 0.3) is 0 Å². The third-order valence-corrected chi connectivity index (χ3v) is 4.66. The Morgan fingerprint density at radius 3 is 2.50 bits per heavy atom. The van der Waals surface area contributed by atoms with Gasteiger partial charge in [0.05, 0.1) is 13.7 Å². The molecule has 0 spiro atoms. The van der Waals surface area contributed by atoms with Gasteiger partial charge < -0.3 is 19.2 Å². The molecule has 150 valence electrons. The molecule has 0 radical (unpaired) electrons. The molecule has 28 heavy (non-hydrogen) atoms. The summed E-state index contributed by atoms with van der Waals surface area (Å²) in [6.07, 6.45) is 6.15. The van der Waals surface area contributed by atoms with E-state index in [1.807, 2.05) is 0 Å². The zero-order valence-electron chi connectivity index (χ0n) is 16.1. The average Bonchev–Trinajstić information content (AvgIpc) is 2.96. The Kier molecular flexibility index (Phi) is 7.08. The molecule has 1 fully saturated rings. The van der Waals surface area contributed by atoms with Crippen molar-refractivity contribution in [3.05, 3.63) is 52.6 Å². The molecule has 2 aromatic rings. The number of rotatable bonds is 7. The van der Waals surface area contributed by atoms with E-state index in [1.165, 1.54) is 38.0 Å². The molecular weight excluding hydrogens is 360 g/mol. The number of hydrogen-bond donors (Lipinski definition) is 1. The first-order valence-corrected chi connectivity index (χ1v) is 9.55. The first kappa shape index (κ1) is 19.9. The molecule has 1 aromatic heterocycles. The van der Waals surface area contributed by atoms with Crippen molar-refractivity contribution in [3.8, 4) is 11.5 Å². The van der Waals surface area contributed by atoms with Gasteiger partial charge in [0.15, 0.2) is 6.61 Å². The van der Waals surface area contributed by atoms with Crippen molar-refractivity contribution in [2.75, 3.05) is 32.1 Å². The summed E-state index contributed by atoms with van der Waals surface area (Å²) in [6.45, 7) is 2.39. The SMILES string of the molecule is COc1ccc(NC(=O)COc2coc(CN3CCCCCC3)cc2=O)cc1. The molecule has 7 nitrogen and oxygen atoms in total. The molecule has 0 saturated carbocycles. The molecule has 1 aliphatic heterocycles. The standard InChI is InChI=1S/C21H26N2O5/c1-26-17-8-6-16(7-9-17)22-21(25)15-28-20-14-27-18(12-19(20)24)13-23-10-4-2-3-5-11-23/h6-9,12,14H,2-5,10-11,13,15H2,1H3,(H,22,25). The molecule has 1 aromatic carbocycles. The second-order valence-corrected chi connectivity index (χ2v) is 6.83. The van der Waals surface area contributed by atoms with Gasteiger partial charge in [-0.2, -0.15) is 0 Å². The van der Waals surface area contributed by atoms with Crippen molar-refractivity contribution in [3.63, 3.8) is 0 Å². The van der Waals surface area contributed by atoms with Gasteiger partial charge in [0, 0.05) is 11.8 Å². The van der Waals surface area contributed by atoms with Crippen molar-refractivity contribution in [2.24, 2.45) is 0 Å². The monoisotopic (exact) mass is 386 g/mol. The van der Waals surface area contributed by atoms with Crippen LogP contribution in [0.4, 0.5) is 5.69 Å². The smallest absolute Gasteiger partial charge is 0.262 e. The predicted octanol–water partition coefficient (Wildman–Crippen LogP) is 3.04. The quantitative estimate of drug-likeness (QED) is 0.788. The highest BCUT2D eigenvalue weighted by Crippen LogP contribution is 2.16. The highest BCUT2D eigenvalue weighted by Gasteiger charge is 2.13. The lowest BCUT2D eigenvalue weighted by atomic mass is 10.2. The van der Waals surface area contributed by atoms with Crippen LogP contribution in [0.15, 0.2) is 45.8 Å². The van der Waals surface area contributed by atoms with E-state index in [2.05, 4.69) is 10.2 Å². The van der Waals surface area contributed by atoms with E-state index in [9.17, 15) is 9.59 Å². The van der Waals surface area contributed by atoms with Crippen LogP contribution in [0.1, 0.15) is 31.4 Å². The molecule has 0 aliphatic carbocycles. The van der Waals surface area contributed by atoms with Crippen LogP contribution in [-0.4, -0.2) is 37.6 Å². The summed E-state index contributed by atoms with van der Waals surface area (Å²) in [6, 6.07) is 8.38. The minimum Gasteiger partial charge on any atom is -0.497 e. The molecule has 3 rings (SSSR count). The van der Waals surface area contributed by atoms with Crippen molar-refractivity contribution in [2.45, 2.75) is 32.2 Å². The van der Waals surface area contributed by atoms with Crippen molar-refractivity contribution < 1.29 is 18.7 Å². The van der Waals surface area contributed by atoms with Gasteiger partial charge in [-0.3, -0.25) is 14.5 Å². The minimum atomic E-state index is -0.363. The molecular formula is C21H26N2O5. The summed E-state index contributed by atoms with van der Waals surface area (Å²) in [5.41, 5.74) is 0.336. The number of likely N-dealkylation sites (tertiary alicyclic amines) is 1. The fraction of sp³-hybridized carbons (Fsp3) is 0.429. The molecule has 0 bridgehead atoms. The summed E-state index contributed by atoms with van der Waals surface area (Å²) in [7, 11) is 1.58. The third kappa shape index (κ3) is 5.85. The van der Waals surface area contributed by atoms with Crippen LogP contribution in [0.2, 0.25) is 0 Å². The van der Waals surface area contributed by atoms with E-state index in [0.29, 0.717) is 23.7 Å². The van der Waals surface area contributed by atoms with E-state index in [-0.39, 0.29) is 23.7 Å². The fourth-order valence-electron chi connectivity index (χ4n) is 3.16. The number of carbonyl (C=O) groups excluding carboxylic acids is 1. The van der Waals surface area contributed by atoms with Gasteiger partial charge in [-0.05, 0) is 50.2 Å². The number of anilines is 1. The van der Waals surface area contributed by atoms with Crippen LogP contribution in [0.5, 0.6) is 11.5 Å². The first-order chi connectivity index (χ1) is 13.6. The van der Waals surface area contributed by atoms with E-state index < -0.39 is 0 Å². The van der Waals surface area contributed by atoms with Crippen LogP contribution in [0.3, 0.4) is 0 Å². The number of benzene rings is 1. The average molecular weight is 386 g/mol. The van der Waals surface area contributed by atoms with Crippen LogP contribution >= 0.6 is 0 Å². The molecule has 1 N–H and O–H groups in total. The highest BCUT2D eigenvalue weighted by atomic mass is 16.5. The van der Waals surface area contributed by atoms with Gasteiger partial charge >= 0.3 is 0 Å². The number of amides is 1. The Bertz CT molecular complexity index is 823. The van der Waals surface area contributed by atoms with E-state index in [0.717, 1.165) is 13.1 Å². The number of hydrogen-bond acceptors (Lipinski definition) is 6. The topological polar surface area (TPSA) is 81.0 Å². The number of nitrogens with one attached hydrogen (secondary N) is 1. The minimum absolute atomic E-state index is 0.0319. The molecule has 1 saturated heterocycles. The van der Waals surface area contributed by atoms with Gasteiger partial charge in [-0.1, -0.05) is 12.8 Å². The fourth-order valence-corrected chi connectivity index (χ4v) is 3.16. The maximum absolute atomic E-state index is 12.2. The highest BCUT2D eigenvalue weighted by molar-refractivity contribution is 5.91. The summed E-state index contributed by atoms with van der Waals surface area (Å²) in [5.74, 6) is 0.983. The van der Waals surface area contributed by atoms with Gasteiger partial charge in [-0.15, -0.1) is 0 Å². The molecule has 2 heterocycles. The lowest BCUT2D eigenvalue weighted by Crippen LogP contribution is -2.25. The Labute approximate surface area is 164 Å². The third-order valence-electron chi connectivity index (χ3n) is 4.66. The van der Waals surface area contributed by atoms with Crippen LogP contribution in [-0.2, 0) is 11.3 Å². The Morgan fingerprint density at radius 2 is 1.86 bits per heavy atom. The van der Waals surface area contributed by atoms with Gasteiger partial charge in [0.1, 0.15) is 17.8 Å². The van der Waals surface area contributed by atoms with Gasteiger partial charge in [0.25, 0.3) is 5.91 Å². The van der Waals surface area contributed by atoms with E-state index >= 15 is 0 Å². The summed E-state index contributed by atoms with van der Waals surface area (Å²) in [5, 5.41) is 2.70. The molecule has 0 atom stereocenters. The Balaban J connectivity index is 1.51. The van der Waals surface area contributed by atoms with Crippen molar-refractivity contribution >= 4 is 11.6 Å². The molecule has 7 heteroatoms. The largest absolute Gasteiger partial charge is 0.497 e. The molecule has 1 aliphatic rings. The Hall–Kier alpha value is -2.80. The zero-order valence-corrected chi connectivity index (χ0v) is 16.1. The predicted molar refractivity (Wildman–Crippen MR) is 106 cm³/mol. The second-order valence-electron chi connectivity index (χ2n) is 6.83. The maximum atomic E-state index is 12.2. The van der Waals surface area contributed by atoms with Crippen molar-refractivity contribution in [1.82, 2.24) is 4.90 Å². The lowest BCUT2D eigenvalue weighted by Gasteiger charge is -2.18. The van der Waals surface area contributed by atoms with Gasteiger partial charge in [-0.25, -0.2) is 0 Å². The maximum Gasteiger partial charge on any atom is 0.262 e. The van der Waals surface area contributed by atoms with Crippen LogP contribution < -0.4 is 20.2 Å². The number of carbonyl (C=O) groups is 1. The van der Waals surface area contributed by atoms with E-state index in [4.69, 9.17) is 13.9 Å². The van der Waals surface area contributed by atoms with Gasteiger partial charge in [0.2, 0.25) is 11.2 Å². The summed E-state index contributed by atoms with van der Waals surface area (Å²) in [4.78, 5) is 26.5. The zero-order chi connectivity index (χ0) is 19.8. The number of ether oxygens (including phenoxy) is 2. The Morgan fingerprint density at radius 1 is 1.14 bits per heavy atom. The lowest BCUT2D eigenvalue weighted by molar-refractivity contribution is -0.118. The van der Waals surface area contributed by atoms with Crippen molar-refractivity contribution in [1.29, 1.82) is 0 Å². The number of methoxy groups -OCH3 is 1. The molecule has 1 amide bonds. The van der Waals surface area contributed by atoms with E-state index in [1.54, 1.807) is 31.4 Å².